The summed E-state index contributed by atoms with van der Waals surface area (Å²) < 4.78 is 18.5. The number of piperazine rings is 1. The molecule has 1 N–H and O–H groups in total. The number of hydrogen-bond acceptors (Lipinski definition) is 5. The van der Waals surface area contributed by atoms with Crippen LogP contribution in [0, 0.1) is 5.82 Å². The lowest BCUT2D eigenvalue weighted by Gasteiger charge is -2.40. The van der Waals surface area contributed by atoms with Gasteiger partial charge in [-0.25, -0.2) is 9.37 Å². The second-order valence-electron chi connectivity index (χ2n) is 7.14. The highest BCUT2D eigenvalue weighted by molar-refractivity contribution is 5.96. The van der Waals surface area contributed by atoms with E-state index in [-0.39, 0.29) is 17.8 Å². The Bertz CT molecular complexity index is 885. The van der Waals surface area contributed by atoms with Crippen molar-refractivity contribution in [2.45, 2.75) is 19.5 Å². The van der Waals surface area contributed by atoms with E-state index in [1.807, 2.05) is 11.8 Å². The van der Waals surface area contributed by atoms with Crippen LogP contribution in [0.5, 0.6) is 5.75 Å². The van der Waals surface area contributed by atoms with Crippen molar-refractivity contribution < 1.29 is 13.9 Å². The first kappa shape index (κ1) is 20.8. The fourth-order valence-corrected chi connectivity index (χ4v) is 3.64. The van der Waals surface area contributed by atoms with Crippen molar-refractivity contribution in [1.82, 2.24) is 14.8 Å². The third kappa shape index (κ3) is 4.56. The van der Waals surface area contributed by atoms with Crippen molar-refractivity contribution in [3.05, 3.63) is 59.7 Å². The van der Waals surface area contributed by atoms with Gasteiger partial charge in [0.1, 0.15) is 5.82 Å². The summed E-state index contributed by atoms with van der Waals surface area (Å²) in [6.45, 7) is 8.58. The minimum Gasteiger partial charge on any atom is -0.494 e. The fraction of sp³-hybridized carbons (Fsp3) is 0.364. The first-order chi connectivity index (χ1) is 14.0. The number of nitrogens with one attached hydrogen (secondary N) is 1. The summed E-state index contributed by atoms with van der Waals surface area (Å²) in [6, 6.07) is 8.33. The first-order valence-electron chi connectivity index (χ1n) is 9.63. The number of ether oxygens (including phenoxy) is 1. The largest absolute Gasteiger partial charge is 0.494 e. The zero-order chi connectivity index (χ0) is 21.0. The predicted molar refractivity (Wildman–Crippen MR) is 113 cm³/mol. The van der Waals surface area contributed by atoms with E-state index in [4.69, 9.17) is 4.74 Å². The van der Waals surface area contributed by atoms with E-state index in [1.165, 1.54) is 19.2 Å². The van der Waals surface area contributed by atoms with Gasteiger partial charge in [0.2, 0.25) is 0 Å². The van der Waals surface area contributed by atoms with Crippen LogP contribution in [0.3, 0.4) is 0 Å². The molecule has 0 bridgehead atoms. The third-order valence-electron chi connectivity index (χ3n) is 5.19. The molecule has 0 spiro atoms. The zero-order valence-electron chi connectivity index (χ0n) is 17.1. The maximum Gasteiger partial charge on any atom is 0.276 e. The second kappa shape index (κ2) is 9.05. The van der Waals surface area contributed by atoms with Gasteiger partial charge in [-0.1, -0.05) is 18.7 Å². The molecule has 1 amide bonds. The lowest BCUT2D eigenvalue weighted by molar-refractivity contribution is 0.0467. The summed E-state index contributed by atoms with van der Waals surface area (Å²) in [6.07, 6.45) is 1.62. The van der Waals surface area contributed by atoms with Crippen LogP contribution in [-0.2, 0) is 6.54 Å². The van der Waals surface area contributed by atoms with E-state index in [2.05, 4.69) is 21.8 Å². The Morgan fingerprint density at radius 1 is 1.38 bits per heavy atom. The lowest BCUT2D eigenvalue weighted by atomic mass is 10.1. The van der Waals surface area contributed by atoms with Crippen LogP contribution in [0.2, 0.25) is 0 Å². The molecule has 29 heavy (non-hydrogen) atoms. The average molecular weight is 398 g/mol. The summed E-state index contributed by atoms with van der Waals surface area (Å²) in [5, 5.41) is 3.04. The maximum atomic E-state index is 13.2. The normalized spacial score (nSPS) is 17.1. The maximum absolute atomic E-state index is 13.2. The summed E-state index contributed by atoms with van der Waals surface area (Å²) in [5.41, 5.74) is 2.71. The quantitative estimate of drug-likeness (QED) is 0.810. The van der Waals surface area contributed by atoms with Gasteiger partial charge in [-0.2, -0.15) is 0 Å². The Hall–Kier alpha value is -2.93. The van der Waals surface area contributed by atoms with Gasteiger partial charge in [0.05, 0.1) is 18.5 Å². The van der Waals surface area contributed by atoms with Gasteiger partial charge in [-0.05, 0) is 30.7 Å². The van der Waals surface area contributed by atoms with E-state index < -0.39 is 0 Å². The summed E-state index contributed by atoms with van der Waals surface area (Å²) >= 11 is 0. The molecule has 1 unspecified atom stereocenters. The third-order valence-corrected chi connectivity index (χ3v) is 5.19. The Labute approximate surface area is 171 Å². The summed E-state index contributed by atoms with van der Waals surface area (Å²) in [4.78, 5) is 21.8. The van der Waals surface area contributed by atoms with E-state index >= 15 is 0 Å². The van der Waals surface area contributed by atoms with Crippen LogP contribution in [0.15, 0.2) is 36.9 Å². The van der Waals surface area contributed by atoms with Gasteiger partial charge < -0.3 is 15.0 Å². The molecule has 0 saturated carbocycles. The van der Waals surface area contributed by atoms with Gasteiger partial charge in [0.25, 0.3) is 5.91 Å². The number of amides is 1. The minimum atomic E-state index is -0.234. The number of pyridine rings is 1. The van der Waals surface area contributed by atoms with E-state index in [0.29, 0.717) is 23.7 Å². The molecule has 3 rings (SSSR count). The van der Waals surface area contributed by atoms with E-state index in [1.54, 1.807) is 31.3 Å². The van der Waals surface area contributed by atoms with Crippen molar-refractivity contribution in [2.24, 2.45) is 0 Å². The van der Waals surface area contributed by atoms with Crippen LogP contribution in [0.1, 0.15) is 28.7 Å². The van der Waals surface area contributed by atoms with E-state index in [0.717, 1.165) is 30.9 Å². The van der Waals surface area contributed by atoms with Crippen molar-refractivity contribution in [2.75, 3.05) is 39.1 Å². The average Bonchev–Trinajstić information content (AvgIpc) is 2.74. The van der Waals surface area contributed by atoms with Gasteiger partial charge in [-0.15, -0.1) is 0 Å². The molecule has 1 atom stereocenters. The molecule has 0 radical (unpaired) electrons. The van der Waals surface area contributed by atoms with E-state index in [9.17, 15) is 9.18 Å². The smallest absolute Gasteiger partial charge is 0.276 e. The fourth-order valence-electron chi connectivity index (χ4n) is 3.64. The SMILES string of the molecule is C=Cc1nc(C(=O)N2CCN(Cc3ccc(F)cc3)CC2C)c(OC)cc1NC. The molecule has 154 valence electrons. The molecule has 0 aliphatic carbocycles. The van der Waals surface area contributed by atoms with Gasteiger partial charge in [-0.3, -0.25) is 9.69 Å². The second-order valence-corrected chi connectivity index (χ2v) is 7.14. The van der Waals surface area contributed by atoms with Crippen LogP contribution < -0.4 is 10.1 Å². The molecular weight excluding hydrogens is 371 g/mol. The lowest BCUT2D eigenvalue weighted by Crippen LogP contribution is -2.53. The van der Waals surface area contributed by atoms with Gasteiger partial charge in [0, 0.05) is 45.3 Å². The van der Waals surface area contributed by atoms with Crippen LogP contribution in [-0.4, -0.2) is 60.5 Å². The minimum absolute atomic E-state index is 0.0133. The number of rotatable bonds is 6. The molecule has 7 heteroatoms. The Kier molecular flexibility index (Phi) is 6.49. The standard InChI is InChI=1S/C22H27FN4O2/c1-5-18-19(24-3)12-20(29-4)21(25-18)22(28)27-11-10-26(13-15(27)2)14-16-6-8-17(23)9-7-16/h5-9,12,15,24H,1,10-11,13-14H2,2-4H3. The highest BCUT2D eigenvalue weighted by Crippen LogP contribution is 2.27. The van der Waals surface area contributed by atoms with Crippen molar-refractivity contribution in [3.8, 4) is 5.75 Å². The summed E-state index contributed by atoms with van der Waals surface area (Å²) in [5.74, 6) is 0.0505. The highest BCUT2D eigenvalue weighted by Gasteiger charge is 2.31. The van der Waals surface area contributed by atoms with Crippen molar-refractivity contribution >= 4 is 17.7 Å². The molecule has 1 aliphatic heterocycles. The number of anilines is 1. The number of methoxy groups -OCH3 is 1. The monoisotopic (exact) mass is 398 g/mol. The number of halogens is 1. The Morgan fingerprint density at radius 2 is 2.10 bits per heavy atom. The van der Waals surface area contributed by atoms with Crippen LogP contribution >= 0.6 is 0 Å². The number of benzene rings is 1. The molecule has 2 aromatic rings. The molecule has 1 fully saturated rings. The molecule has 1 aliphatic rings. The van der Waals surface area contributed by atoms with Gasteiger partial charge in [0.15, 0.2) is 11.4 Å². The number of nitrogens with zero attached hydrogens (tertiary/aromatic N) is 3. The Morgan fingerprint density at radius 3 is 2.69 bits per heavy atom. The molecular formula is C22H27FN4O2. The molecule has 1 saturated heterocycles. The number of carbonyl (C=O) groups excluding carboxylic acids is 1. The molecule has 6 nitrogen and oxygen atoms in total. The number of aromatic nitrogens is 1. The molecule has 1 aromatic heterocycles. The first-order valence-corrected chi connectivity index (χ1v) is 9.63. The topological polar surface area (TPSA) is 57.7 Å². The van der Waals surface area contributed by atoms with Crippen LogP contribution in [0.25, 0.3) is 6.08 Å². The molecule has 1 aromatic carbocycles. The zero-order valence-corrected chi connectivity index (χ0v) is 17.1. The predicted octanol–water partition coefficient (Wildman–Crippen LogP) is 3.26. The summed E-state index contributed by atoms with van der Waals surface area (Å²) in [7, 11) is 3.32. The van der Waals surface area contributed by atoms with Crippen LogP contribution in [0.4, 0.5) is 10.1 Å². The van der Waals surface area contributed by atoms with Crippen molar-refractivity contribution in [1.29, 1.82) is 0 Å². The van der Waals surface area contributed by atoms with Crippen molar-refractivity contribution in [3.63, 3.8) is 0 Å². The Balaban J connectivity index is 1.74. The number of carbonyl (C=O) groups is 1. The highest BCUT2D eigenvalue weighted by atomic mass is 19.1. The molecule has 2 heterocycles. The number of hydrogen-bond donors (Lipinski definition) is 1. The van der Waals surface area contributed by atoms with Gasteiger partial charge >= 0.3 is 0 Å².